The Labute approximate surface area is 125 Å². The molecule has 1 rings (SSSR count). The molecule has 118 valence electrons. The lowest BCUT2D eigenvalue weighted by molar-refractivity contribution is -0.123. The standard InChI is InChI=1S/C14H22N2O4S/c1-10-5-7-13(8-6-10)21(18,19)16-12(3)14(17)15-11(2)9-20-4/h5-8,11-12,16H,9H2,1-4H3,(H,15,17)/t11-,12-/m0/s1. The first-order valence-electron chi connectivity index (χ1n) is 6.64. The van der Waals surface area contributed by atoms with Crippen molar-refractivity contribution in [3.05, 3.63) is 29.8 Å². The van der Waals surface area contributed by atoms with Crippen LogP contribution in [0.2, 0.25) is 0 Å². The molecule has 0 bridgehead atoms. The van der Waals surface area contributed by atoms with Gasteiger partial charge in [0.25, 0.3) is 0 Å². The van der Waals surface area contributed by atoms with Crippen LogP contribution >= 0.6 is 0 Å². The number of amides is 1. The second-order valence-electron chi connectivity index (χ2n) is 5.02. The molecule has 0 radical (unpaired) electrons. The summed E-state index contributed by atoms with van der Waals surface area (Å²) in [6.07, 6.45) is 0. The maximum atomic E-state index is 12.2. The number of benzene rings is 1. The van der Waals surface area contributed by atoms with E-state index in [0.717, 1.165) is 5.56 Å². The topological polar surface area (TPSA) is 84.5 Å². The molecule has 0 spiro atoms. The summed E-state index contributed by atoms with van der Waals surface area (Å²) < 4.78 is 31.6. The average molecular weight is 314 g/mol. The van der Waals surface area contributed by atoms with Crippen molar-refractivity contribution in [1.29, 1.82) is 0 Å². The Morgan fingerprint density at radius 3 is 2.33 bits per heavy atom. The van der Waals surface area contributed by atoms with E-state index in [-0.39, 0.29) is 10.9 Å². The average Bonchev–Trinajstić information content (AvgIpc) is 2.38. The molecule has 0 aliphatic rings. The molecule has 0 saturated carbocycles. The fourth-order valence-electron chi connectivity index (χ4n) is 1.73. The first-order chi connectivity index (χ1) is 9.76. The van der Waals surface area contributed by atoms with Gasteiger partial charge >= 0.3 is 0 Å². The minimum atomic E-state index is -3.71. The normalized spacial score (nSPS) is 14.5. The van der Waals surface area contributed by atoms with Gasteiger partial charge in [-0.1, -0.05) is 17.7 Å². The predicted molar refractivity (Wildman–Crippen MR) is 80.4 cm³/mol. The lowest BCUT2D eigenvalue weighted by Gasteiger charge is -2.18. The summed E-state index contributed by atoms with van der Waals surface area (Å²) >= 11 is 0. The van der Waals surface area contributed by atoms with E-state index in [9.17, 15) is 13.2 Å². The van der Waals surface area contributed by atoms with Gasteiger partial charge in [-0.15, -0.1) is 0 Å². The van der Waals surface area contributed by atoms with Crippen molar-refractivity contribution in [1.82, 2.24) is 10.0 Å². The fourth-order valence-corrected chi connectivity index (χ4v) is 2.93. The van der Waals surface area contributed by atoms with E-state index in [1.165, 1.54) is 26.2 Å². The van der Waals surface area contributed by atoms with Crippen LogP contribution in [0.1, 0.15) is 19.4 Å². The molecule has 0 unspecified atom stereocenters. The molecule has 1 aromatic carbocycles. The summed E-state index contributed by atoms with van der Waals surface area (Å²) in [6, 6.07) is 5.38. The van der Waals surface area contributed by atoms with Gasteiger partial charge in [0.15, 0.2) is 0 Å². The van der Waals surface area contributed by atoms with Crippen LogP contribution in [-0.4, -0.2) is 40.1 Å². The van der Waals surface area contributed by atoms with E-state index in [1.807, 2.05) is 6.92 Å². The smallest absolute Gasteiger partial charge is 0.241 e. The van der Waals surface area contributed by atoms with Crippen molar-refractivity contribution < 1.29 is 17.9 Å². The molecule has 0 fully saturated rings. The van der Waals surface area contributed by atoms with E-state index in [0.29, 0.717) is 6.61 Å². The SMILES string of the molecule is COC[C@H](C)NC(=O)[C@H](C)NS(=O)(=O)c1ccc(C)cc1. The minimum absolute atomic E-state index is 0.137. The molecule has 21 heavy (non-hydrogen) atoms. The summed E-state index contributed by atoms with van der Waals surface area (Å²) in [5, 5.41) is 2.67. The highest BCUT2D eigenvalue weighted by Gasteiger charge is 2.22. The van der Waals surface area contributed by atoms with Crippen molar-refractivity contribution in [3.8, 4) is 0 Å². The first kappa shape index (κ1) is 17.6. The van der Waals surface area contributed by atoms with E-state index < -0.39 is 22.0 Å². The van der Waals surface area contributed by atoms with Gasteiger partial charge in [0, 0.05) is 13.2 Å². The Morgan fingerprint density at radius 2 is 1.81 bits per heavy atom. The lowest BCUT2D eigenvalue weighted by atomic mass is 10.2. The third kappa shape index (κ3) is 5.45. The van der Waals surface area contributed by atoms with Gasteiger partial charge in [0.05, 0.1) is 17.5 Å². The van der Waals surface area contributed by atoms with Crippen molar-refractivity contribution in [2.75, 3.05) is 13.7 Å². The molecule has 1 amide bonds. The van der Waals surface area contributed by atoms with Crippen LogP contribution in [0, 0.1) is 6.92 Å². The highest BCUT2D eigenvalue weighted by Crippen LogP contribution is 2.10. The minimum Gasteiger partial charge on any atom is -0.383 e. The molecule has 0 aromatic heterocycles. The second-order valence-corrected chi connectivity index (χ2v) is 6.73. The Morgan fingerprint density at radius 1 is 1.24 bits per heavy atom. The molecule has 2 N–H and O–H groups in total. The van der Waals surface area contributed by atoms with Gasteiger partial charge in [-0.25, -0.2) is 8.42 Å². The molecule has 0 saturated heterocycles. The third-order valence-corrected chi connectivity index (χ3v) is 4.42. The van der Waals surface area contributed by atoms with E-state index in [1.54, 1.807) is 19.1 Å². The molecule has 7 heteroatoms. The van der Waals surface area contributed by atoms with Crippen LogP contribution in [0.25, 0.3) is 0 Å². The van der Waals surface area contributed by atoms with Crippen molar-refractivity contribution in [2.24, 2.45) is 0 Å². The summed E-state index contributed by atoms with van der Waals surface area (Å²) in [5.41, 5.74) is 0.966. The zero-order chi connectivity index (χ0) is 16.0. The number of sulfonamides is 1. The number of hydrogen-bond donors (Lipinski definition) is 2. The molecule has 0 aliphatic carbocycles. The number of carbonyl (C=O) groups is 1. The van der Waals surface area contributed by atoms with E-state index in [2.05, 4.69) is 10.0 Å². The van der Waals surface area contributed by atoms with Gasteiger partial charge in [-0.2, -0.15) is 4.72 Å². The quantitative estimate of drug-likeness (QED) is 0.780. The number of nitrogens with one attached hydrogen (secondary N) is 2. The zero-order valence-corrected chi connectivity index (χ0v) is 13.5. The van der Waals surface area contributed by atoms with Gasteiger partial charge < -0.3 is 10.1 Å². The van der Waals surface area contributed by atoms with Crippen LogP contribution in [0.3, 0.4) is 0 Å². The summed E-state index contributed by atoms with van der Waals surface area (Å²) in [6.45, 7) is 5.52. The Kier molecular flexibility index (Phi) is 6.32. The van der Waals surface area contributed by atoms with Crippen LogP contribution < -0.4 is 10.0 Å². The van der Waals surface area contributed by atoms with Crippen molar-refractivity contribution >= 4 is 15.9 Å². The second kappa shape index (κ2) is 7.53. The Hall–Kier alpha value is -1.44. The summed E-state index contributed by atoms with van der Waals surface area (Å²) in [7, 11) is -2.18. The fraction of sp³-hybridized carbons (Fsp3) is 0.500. The number of ether oxygens (including phenoxy) is 1. The Balaban J connectivity index is 2.70. The maximum absolute atomic E-state index is 12.2. The van der Waals surface area contributed by atoms with Crippen LogP contribution in [0.15, 0.2) is 29.2 Å². The Bertz CT molecular complexity index is 569. The molecule has 0 heterocycles. The molecule has 0 aliphatic heterocycles. The third-order valence-electron chi connectivity index (χ3n) is 2.86. The number of rotatable bonds is 7. The van der Waals surface area contributed by atoms with Crippen molar-refractivity contribution in [2.45, 2.75) is 37.8 Å². The summed E-state index contributed by atoms with van der Waals surface area (Å²) in [5.74, 6) is -0.393. The van der Waals surface area contributed by atoms with Crippen LogP contribution in [0.5, 0.6) is 0 Å². The number of hydrogen-bond acceptors (Lipinski definition) is 4. The summed E-state index contributed by atoms with van der Waals surface area (Å²) in [4.78, 5) is 12.0. The maximum Gasteiger partial charge on any atom is 0.241 e. The molecule has 1 aromatic rings. The van der Waals surface area contributed by atoms with Crippen molar-refractivity contribution in [3.63, 3.8) is 0 Å². The number of methoxy groups -OCH3 is 1. The van der Waals surface area contributed by atoms with Gasteiger partial charge in [-0.05, 0) is 32.9 Å². The highest BCUT2D eigenvalue weighted by atomic mass is 32.2. The van der Waals surface area contributed by atoms with Crippen LogP contribution in [0.4, 0.5) is 0 Å². The molecule has 6 nitrogen and oxygen atoms in total. The van der Waals surface area contributed by atoms with Gasteiger partial charge in [-0.3, -0.25) is 4.79 Å². The molecule has 2 atom stereocenters. The van der Waals surface area contributed by atoms with Crippen LogP contribution in [-0.2, 0) is 19.6 Å². The number of aryl methyl sites for hydroxylation is 1. The zero-order valence-electron chi connectivity index (χ0n) is 12.7. The highest BCUT2D eigenvalue weighted by molar-refractivity contribution is 7.89. The van der Waals surface area contributed by atoms with E-state index in [4.69, 9.17) is 4.74 Å². The monoisotopic (exact) mass is 314 g/mol. The predicted octanol–water partition coefficient (Wildman–Crippen LogP) is 0.813. The van der Waals surface area contributed by atoms with Gasteiger partial charge in [0.1, 0.15) is 0 Å². The first-order valence-corrected chi connectivity index (χ1v) is 8.13. The largest absolute Gasteiger partial charge is 0.383 e. The number of carbonyl (C=O) groups excluding carboxylic acids is 1. The molecular weight excluding hydrogens is 292 g/mol. The lowest BCUT2D eigenvalue weighted by Crippen LogP contribution is -2.48. The molecular formula is C14H22N2O4S. The van der Waals surface area contributed by atoms with E-state index >= 15 is 0 Å². The van der Waals surface area contributed by atoms with Gasteiger partial charge in [0.2, 0.25) is 15.9 Å².